The molecule has 0 bridgehead atoms. The highest BCUT2D eigenvalue weighted by atomic mass is 31.2. The smallest absolute Gasteiger partial charge is 0.394 e. The van der Waals surface area contributed by atoms with Gasteiger partial charge in [-0.1, -0.05) is 23.7 Å². The molecule has 7 unspecified atom stereocenters. The van der Waals surface area contributed by atoms with Crippen molar-refractivity contribution in [2.75, 3.05) is 32.6 Å². The van der Waals surface area contributed by atoms with Gasteiger partial charge in [0.05, 0.1) is 32.0 Å². The molecule has 2 aliphatic heterocycles. The number of nitrogens with zero attached hydrogens (tertiary/aromatic N) is 2. The Labute approximate surface area is 283 Å². The van der Waals surface area contributed by atoms with Crippen LogP contribution in [0.2, 0.25) is 0 Å². The van der Waals surface area contributed by atoms with Gasteiger partial charge in [0.1, 0.15) is 35.8 Å². The van der Waals surface area contributed by atoms with Gasteiger partial charge in [-0.2, -0.15) is 0 Å². The first kappa shape index (κ1) is 41.0. The Morgan fingerprint density at radius 3 is 1.64 bits per heavy atom. The molecule has 22 heteroatoms. The highest BCUT2D eigenvalue weighted by molar-refractivity contribution is 7.57. The molecule has 9 N–H and O–H groups in total. The molecule has 2 saturated heterocycles. The first-order chi connectivity index (χ1) is 23.4. The Balaban J connectivity index is 0.000000270. The van der Waals surface area contributed by atoms with Crippen LogP contribution in [0.4, 0.5) is 0 Å². The van der Waals surface area contributed by atoms with Crippen molar-refractivity contribution in [3.05, 3.63) is 65.2 Å². The molecule has 0 amide bonds. The number of aliphatic hydroxyl groups excluding tert-OH is 4. The van der Waals surface area contributed by atoms with E-state index < -0.39 is 81.2 Å². The molecule has 2 aliphatic rings. The number of aromatic amines is 2. The zero-order valence-corrected chi connectivity index (χ0v) is 28.4. The molecule has 0 radical (unpaired) electrons. The second-order valence-corrected chi connectivity index (χ2v) is 15.0. The maximum atomic E-state index is 11.9. The van der Waals surface area contributed by atoms with Crippen LogP contribution in [0.25, 0.3) is 0 Å². The molecule has 50 heavy (non-hydrogen) atoms. The Kier molecular flexibility index (Phi) is 14.9. The summed E-state index contributed by atoms with van der Waals surface area (Å²) in [5, 5.41) is 37.7. The van der Waals surface area contributed by atoms with Crippen LogP contribution < -0.4 is 22.5 Å². The van der Waals surface area contributed by atoms with E-state index in [0.717, 1.165) is 15.3 Å². The molecule has 4 rings (SSSR count). The van der Waals surface area contributed by atoms with Crippen molar-refractivity contribution in [1.82, 2.24) is 19.1 Å². The highest BCUT2D eigenvalue weighted by Crippen LogP contribution is 2.36. The average Bonchev–Trinajstić information content (AvgIpc) is 3.59. The van der Waals surface area contributed by atoms with E-state index in [4.69, 9.17) is 29.5 Å². The van der Waals surface area contributed by atoms with Crippen LogP contribution in [0.5, 0.6) is 0 Å². The first-order valence-electron chi connectivity index (χ1n) is 15.0. The molecular formula is C28H38N4O16P2. The number of aromatic nitrogens is 4. The molecule has 0 saturated carbocycles. The Morgan fingerprint density at radius 1 is 0.820 bits per heavy atom. The van der Waals surface area contributed by atoms with Gasteiger partial charge in [-0.25, -0.2) is 14.2 Å². The van der Waals surface area contributed by atoms with Gasteiger partial charge in [-0.15, -0.1) is 0 Å². The normalized spacial score (nSPS) is 24.2. The molecular weight excluding hydrogens is 710 g/mol. The third-order valence-electron chi connectivity index (χ3n) is 7.13. The van der Waals surface area contributed by atoms with Gasteiger partial charge < -0.3 is 44.6 Å². The van der Waals surface area contributed by atoms with E-state index in [0.29, 0.717) is 12.8 Å². The maximum Gasteiger partial charge on any atom is 0.469 e. The number of nitrogens with one attached hydrogen (secondary N) is 2. The van der Waals surface area contributed by atoms with Crippen molar-refractivity contribution in [3.63, 3.8) is 0 Å². The molecule has 0 aromatic carbocycles. The molecule has 2 fully saturated rings. The topological polar surface area (TPSA) is 313 Å². The fourth-order valence-corrected chi connectivity index (χ4v) is 5.74. The van der Waals surface area contributed by atoms with Gasteiger partial charge in [0.25, 0.3) is 11.1 Å². The summed E-state index contributed by atoms with van der Waals surface area (Å²) in [5.41, 5.74) is -2.85. The molecule has 0 aliphatic carbocycles. The SMILES string of the molecule is CP(=O)(O)CCCC#Cc1cn(C2CC(O)C(CO)O2)c(=O)[nH]c1=O.O=c1[nH]c(=O)n(C2CC(O)C(CO)O2)cc1C#CCCOP(=O)(O)O. The summed E-state index contributed by atoms with van der Waals surface area (Å²) in [4.78, 5) is 77.9. The van der Waals surface area contributed by atoms with Crippen LogP contribution in [0.3, 0.4) is 0 Å². The van der Waals surface area contributed by atoms with Gasteiger partial charge >= 0.3 is 19.2 Å². The molecule has 7 atom stereocenters. The molecule has 0 spiro atoms. The van der Waals surface area contributed by atoms with Gasteiger partial charge in [-0.05, 0) is 6.42 Å². The van der Waals surface area contributed by atoms with Crippen molar-refractivity contribution < 1.29 is 58.2 Å². The number of unbranched alkanes of at least 4 members (excludes halogenated alkanes) is 1. The molecule has 2 aromatic heterocycles. The van der Waals surface area contributed by atoms with E-state index in [9.17, 15) is 43.4 Å². The average molecular weight is 749 g/mol. The van der Waals surface area contributed by atoms with Gasteiger partial charge in [0.2, 0.25) is 0 Å². The Hall–Kier alpha value is -3.46. The number of rotatable bonds is 10. The summed E-state index contributed by atoms with van der Waals surface area (Å²) >= 11 is 0. The lowest BCUT2D eigenvalue weighted by molar-refractivity contribution is -0.0459. The number of phosphoric ester groups is 1. The number of ether oxygens (including phenoxy) is 2. The predicted molar refractivity (Wildman–Crippen MR) is 172 cm³/mol. The van der Waals surface area contributed by atoms with E-state index in [1.54, 1.807) is 0 Å². The fraction of sp³-hybridized carbons (Fsp3) is 0.571. The Morgan fingerprint density at radius 2 is 1.26 bits per heavy atom. The minimum Gasteiger partial charge on any atom is -0.394 e. The zero-order chi connectivity index (χ0) is 37.2. The minimum atomic E-state index is -4.57. The third kappa shape index (κ3) is 12.4. The summed E-state index contributed by atoms with van der Waals surface area (Å²) in [6, 6.07) is 0. The van der Waals surface area contributed by atoms with Crippen molar-refractivity contribution >= 4 is 15.2 Å². The minimum absolute atomic E-state index is 0.0467. The largest absolute Gasteiger partial charge is 0.469 e. The number of hydrogen-bond donors (Lipinski definition) is 9. The number of hydrogen-bond acceptors (Lipinski definition) is 13. The summed E-state index contributed by atoms with van der Waals surface area (Å²) in [6.45, 7) is 0.151. The van der Waals surface area contributed by atoms with E-state index in [-0.39, 0.29) is 49.8 Å². The van der Waals surface area contributed by atoms with Crippen molar-refractivity contribution in [1.29, 1.82) is 0 Å². The number of H-pyrrole nitrogens is 2. The summed E-state index contributed by atoms with van der Waals surface area (Å²) < 4.78 is 38.8. The van der Waals surface area contributed by atoms with Gasteiger partial charge in [-0.3, -0.25) is 37.8 Å². The Bertz CT molecular complexity index is 1800. The summed E-state index contributed by atoms with van der Waals surface area (Å²) in [6.07, 6.45) is -1.73. The summed E-state index contributed by atoms with van der Waals surface area (Å²) in [7, 11) is -7.65. The predicted octanol–water partition coefficient (Wildman–Crippen LogP) is -2.76. The van der Waals surface area contributed by atoms with E-state index in [2.05, 4.69) is 38.2 Å². The van der Waals surface area contributed by atoms with Crippen molar-refractivity contribution in [3.8, 4) is 23.7 Å². The van der Waals surface area contributed by atoms with Crippen LogP contribution in [0.15, 0.2) is 31.6 Å². The lowest BCUT2D eigenvalue weighted by Crippen LogP contribution is -2.33. The fourth-order valence-electron chi connectivity index (χ4n) is 4.67. The van der Waals surface area contributed by atoms with E-state index in [1.807, 2.05) is 0 Å². The van der Waals surface area contributed by atoms with Gasteiger partial charge in [0.15, 0.2) is 7.37 Å². The van der Waals surface area contributed by atoms with E-state index in [1.165, 1.54) is 12.9 Å². The van der Waals surface area contributed by atoms with Crippen LogP contribution in [-0.2, 0) is 23.1 Å². The second kappa shape index (κ2) is 18.2. The zero-order valence-electron chi connectivity index (χ0n) is 26.6. The van der Waals surface area contributed by atoms with Crippen molar-refractivity contribution in [2.24, 2.45) is 0 Å². The molecule has 20 nitrogen and oxygen atoms in total. The number of phosphoric acid groups is 1. The lowest BCUT2D eigenvalue weighted by Gasteiger charge is -2.14. The molecule has 4 heterocycles. The van der Waals surface area contributed by atoms with Crippen LogP contribution in [0, 0.1) is 23.7 Å². The lowest BCUT2D eigenvalue weighted by atomic mass is 10.2. The van der Waals surface area contributed by atoms with Gasteiger partial charge in [0, 0.05) is 50.9 Å². The second-order valence-electron chi connectivity index (χ2n) is 11.2. The third-order valence-corrected chi connectivity index (χ3v) is 8.80. The van der Waals surface area contributed by atoms with E-state index >= 15 is 0 Å². The maximum absolute atomic E-state index is 11.9. The van der Waals surface area contributed by atoms with Crippen molar-refractivity contribution in [2.45, 2.75) is 69.0 Å². The van der Waals surface area contributed by atoms with Crippen LogP contribution in [-0.4, -0.2) is 111 Å². The first-order valence-corrected chi connectivity index (χ1v) is 18.8. The summed E-state index contributed by atoms with van der Waals surface area (Å²) in [5.74, 6) is 10.3. The highest BCUT2D eigenvalue weighted by Gasteiger charge is 2.36. The van der Waals surface area contributed by atoms with Crippen LogP contribution in [0.1, 0.15) is 55.7 Å². The van der Waals surface area contributed by atoms with Crippen LogP contribution >= 0.6 is 15.2 Å². The molecule has 276 valence electrons. The monoisotopic (exact) mass is 748 g/mol. The number of aliphatic hydroxyl groups is 4. The molecule has 2 aromatic rings. The quantitative estimate of drug-likeness (QED) is 0.0675. The standard InChI is InChI=1S/C15H21N2O7P.C13H17N2O9P/c1-25(22,23)6-4-2-3-5-10-8-17(15(21)16-14(10)20)13-7-11(19)12(9-18)24-13;16-7-10-9(17)5-11(24-10)15-6-8(12(18)14-13(15)19)3-1-2-4-23-25(20,21)22/h8,11-13,18-19H,2,4,6-7,9H2,1H3,(H,22,23)(H,16,20,21);6,9-11,16-17H,2,4-5,7H2,(H,14,18,19)(H2,20,21,22).